The van der Waals surface area contributed by atoms with E-state index in [1.54, 1.807) is 4.68 Å². The summed E-state index contributed by atoms with van der Waals surface area (Å²) >= 11 is 5.82. The highest BCUT2D eigenvalue weighted by atomic mass is 35.5. The van der Waals surface area contributed by atoms with Gasteiger partial charge in [-0.15, -0.1) is 0 Å². The molecule has 2 aromatic carbocycles. The Kier molecular flexibility index (Phi) is 5.69. The van der Waals surface area contributed by atoms with Crippen LogP contribution in [0, 0.1) is 13.8 Å². The van der Waals surface area contributed by atoms with Crippen LogP contribution in [0.4, 0.5) is 14.5 Å². The fourth-order valence-electron chi connectivity index (χ4n) is 2.90. The van der Waals surface area contributed by atoms with Gasteiger partial charge in [0.25, 0.3) is 15.9 Å². The van der Waals surface area contributed by atoms with Crippen LogP contribution >= 0.6 is 11.6 Å². The van der Waals surface area contributed by atoms with Crippen LogP contribution in [-0.2, 0) is 22.5 Å². The standard InChI is InChI=1S/C20H20ClF2N3O2S/c1-13-10-14(2)26(24-13)12-15-4-5-16(20(3,22)23)11-19(15)25-29(27,28)18-8-6-17(21)7-9-18/h4-11,25H,12H2,1-3H3. The van der Waals surface area contributed by atoms with Gasteiger partial charge in [0.15, 0.2) is 0 Å². The minimum absolute atomic E-state index is 0.0207. The summed E-state index contributed by atoms with van der Waals surface area (Å²) in [5.41, 5.74) is 1.98. The Bertz CT molecular complexity index is 1140. The average Bonchev–Trinajstić information content (AvgIpc) is 2.93. The van der Waals surface area contributed by atoms with Crippen molar-refractivity contribution >= 4 is 27.3 Å². The van der Waals surface area contributed by atoms with Crippen molar-refractivity contribution in [3.05, 3.63) is 76.1 Å². The fraction of sp³-hybridized carbons (Fsp3) is 0.250. The van der Waals surface area contributed by atoms with Crippen LogP contribution in [0.5, 0.6) is 0 Å². The average molecular weight is 440 g/mol. The van der Waals surface area contributed by atoms with Gasteiger partial charge < -0.3 is 0 Å². The van der Waals surface area contributed by atoms with Crippen molar-refractivity contribution in [2.75, 3.05) is 4.72 Å². The Morgan fingerprint density at radius 3 is 2.31 bits per heavy atom. The summed E-state index contributed by atoms with van der Waals surface area (Å²) in [6.45, 7) is 4.70. The molecule has 0 aliphatic heterocycles. The van der Waals surface area contributed by atoms with E-state index in [2.05, 4.69) is 9.82 Å². The van der Waals surface area contributed by atoms with E-state index in [0.29, 0.717) is 10.6 Å². The first-order valence-electron chi connectivity index (χ1n) is 8.76. The van der Waals surface area contributed by atoms with Crippen LogP contribution in [-0.4, -0.2) is 18.2 Å². The van der Waals surface area contributed by atoms with Gasteiger partial charge in [0.2, 0.25) is 0 Å². The van der Waals surface area contributed by atoms with E-state index >= 15 is 0 Å². The number of sulfonamides is 1. The number of hydrogen-bond acceptors (Lipinski definition) is 3. The van der Waals surface area contributed by atoms with Crippen molar-refractivity contribution in [3.63, 3.8) is 0 Å². The van der Waals surface area contributed by atoms with Gasteiger partial charge in [-0.2, -0.15) is 5.10 Å². The number of hydrogen-bond donors (Lipinski definition) is 1. The molecule has 9 heteroatoms. The van der Waals surface area contributed by atoms with Crippen molar-refractivity contribution in [1.82, 2.24) is 9.78 Å². The summed E-state index contributed by atoms with van der Waals surface area (Å²) in [5, 5.41) is 4.75. The molecule has 0 saturated heterocycles. The van der Waals surface area contributed by atoms with E-state index in [1.807, 2.05) is 19.9 Å². The molecule has 3 aromatic rings. The van der Waals surface area contributed by atoms with E-state index < -0.39 is 15.9 Å². The maximum absolute atomic E-state index is 13.9. The monoisotopic (exact) mass is 439 g/mol. The van der Waals surface area contributed by atoms with E-state index in [4.69, 9.17) is 11.6 Å². The number of rotatable bonds is 6. The molecule has 0 atom stereocenters. The Labute approximate surface area is 173 Å². The van der Waals surface area contributed by atoms with Crippen LogP contribution in [0.15, 0.2) is 53.4 Å². The number of nitrogens with one attached hydrogen (secondary N) is 1. The molecule has 154 valence electrons. The fourth-order valence-corrected chi connectivity index (χ4v) is 4.11. The van der Waals surface area contributed by atoms with Crippen LogP contribution in [0.3, 0.4) is 0 Å². The Morgan fingerprint density at radius 1 is 1.10 bits per heavy atom. The SMILES string of the molecule is Cc1cc(C)n(Cc2ccc(C(C)(F)F)cc2NS(=O)(=O)c2ccc(Cl)cc2)n1. The molecule has 1 aromatic heterocycles. The summed E-state index contributed by atoms with van der Waals surface area (Å²) in [6, 6.07) is 11.4. The molecule has 0 radical (unpaired) electrons. The minimum atomic E-state index is -4.00. The molecule has 0 amide bonds. The first-order valence-corrected chi connectivity index (χ1v) is 10.6. The Balaban J connectivity index is 2.04. The summed E-state index contributed by atoms with van der Waals surface area (Å²) in [7, 11) is -4.00. The van der Waals surface area contributed by atoms with Crippen molar-refractivity contribution in [3.8, 4) is 0 Å². The van der Waals surface area contributed by atoms with Crippen LogP contribution < -0.4 is 4.72 Å². The highest BCUT2D eigenvalue weighted by Gasteiger charge is 2.26. The molecular formula is C20H20ClF2N3O2S. The summed E-state index contributed by atoms with van der Waals surface area (Å²) in [6.07, 6.45) is 0. The van der Waals surface area contributed by atoms with E-state index in [-0.39, 0.29) is 22.7 Å². The lowest BCUT2D eigenvalue weighted by Crippen LogP contribution is -2.17. The molecule has 0 fully saturated rings. The second kappa shape index (κ2) is 7.76. The van der Waals surface area contributed by atoms with Gasteiger partial charge in [-0.1, -0.05) is 23.7 Å². The molecule has 1 N–H and O–H groups in total. The highest BCUT2D eigenvalue weighted by Crippen LogP contribution is 2.32. The van der Waals surface area contributed by atoms with Crippen molar-refractivity contribution in [2.45, 2.75) is 38.1 Å². The first kappa shape index (κ1) is 21.3. The minimum Gasteiger partial charge on any atom is -0.279 e. The van der Waals surface area contributed by atoms with E-state index in [1.165, 1.54) is 36.4 Å². The molecule has 1 heterocycles. The van der Waals surface area contributed by atoms with Crippen molar-refractivity contribution < 1.29 is 17.2 Å². The zero-order chi connectivity index (χ0) is 21.4. The van der Waals surface area contributed by atoms with Gasteiger partial charge in [-0.25, -0.2) is 17.2 Å². The quantitative estimate of drug-likeness (QED) is 0.580. The van der Waals surface area contributed by atoms with Crippen molar-refractivity contribution in [2.24, 2.45) is 0 Å². The molecule has 0 bridgehead atoms. The number of anilines is 1. The predicted octanol–water partition coefficient (Wildman–Crippen LogP) is 5.11. The Morgan fingerprint density at radius 2 is 1.76 bits per heavy atom. The number of halogens is 3. The molecule has 0 spiro atoms. The topological polar surface area (TPSA) is 64.0 Å². The zero-order valence-electron chi connectivity index (χ0n) is 16.1. The summed E-state index contributed by atoms with van der Waals surface area (Å²) in [4.78, 5) is -0.0207. The van der Waals surface area contributed by atoms with Gasteiger partial charge in [0, 0.05) is 23.2 Å². The molecule has 0 unspecified atom stereocenters. The van der Waals surface area contributed by atoms with Gasteiger partial charge in [-0.05, 0) is 55.8 Å². The number of benzene rings is 2. The number of aromatic nitrogens is 2. The van der Waals surface area contributed by atoms with Crippen LogP contribution in [0.1, 0.15) is 29.4 Å². The second-order valence-electron chi connectivity index (χ2n) is 6.90. The maximum atomic E-state index is 13.9. The number of aryl methyl sites for hydroxylation is 2. The number of nitrogens with zero attached hydrogens (tertiary/aromatic N) is 2. The predicted molar refractivity (Wildman–Crippen MR) is 109 cm³/mol. The number of alkyl halides is 2. The van der Waals surface area contributed by atoms with Gasteiger partial charge in [0.05, 0.1) is 22.8 Å². The summed E-state index contributed by atoms with van der Waals surface area (Å²) in [5.74, 6) is -3.11. The first-order chi connectivity index (χ1) is 13.5. The van der Waals surface area contributed by atoms with Crippen LogP contribution in [0.25, 0.3) is 0 Å². The molecule has 29 heavy (non-hydrogen) atoms. The summed E-state index contributed by atoms with van der Waals surface area (Å²) < 4.78 is 57.4. The lowest BCUT2D eigenvalue weighted by molar-refractivity contribution is 0.0175. The molecular weight excluding hydrogens is 420 g/mol. The van der Waals surface area contributed by atoms with Crippen LogP contribution in [0.2, 0.25) is 5.02 Å². The highest BCUT2D eigenvalue weighted by molar-refractivity contribution is 7.92. The third-order valence-electron chi connectivity index (χ3n) is 4.41. The van der Waals surface area contributed by atoms with Crippen molar-refractivity contribution in [1.29, 1.82) is 0 Å². The smallest absolute Gasteiger partial charge is 0.270 e. The molecule has 5 nitrogen and oxygen atoms in total. The Hall–Kier alpha value is -2.45. The molecule has 3 rings (SSSR count). The second-order valence-corrected chi connectivity index (χ2v) is 9.02. The van der Waals surface area contributed by atoms with Gasteiger partial charge in [0.1, 0.15) is 0 Å². The van der Waals surface area contributed by atoms with E-state index in [0.717, 1.165) is 24.4 Å². The van der Waals surface area contributed by atoms with E-state index in [9.17, 15) is 17.2 Å². The molecule has 0 saturated carbocycles. The van der Waals surface area contributed by atoms with Gasteiger partial charge >= 0.3 is 0 Å². The lowest BCUT2D eigenvalue weighted by atomic mass is 10.1. The largest absolute Gasteiger partial charge is 0.279 e. The lowest BCUT2D eigenvalue weighted by Gasteiger charge is -2.17. The zero-order valence-corrected chi connectivity index (χ0v) is 17.7. The third-order valence-corrected chi connectivity index (χ3v) is 6.04. The van der Waals surface area contributed by atoms with Gasteiger partial charge in [-0.3, -0.25) is 9.40 Å². The normalized spacial score (nSPS) is 12.2. The maximum Gasteiger partial charge on any atom is 0.270 e. The molecule has 0 aliphatic carbocycles. The molecule has 0 aliphatic rings. The third kappa shape index (κ3) is 4.94.